The van der Waals surface area contributed by atoms with E-state index < -0.39 is 23.8 Å². The van der Waals surface area contributed by atoms with Gasteiger partial charge in [0.1, 0.15) is 22.7 Å². The van der Waals surface area contributed by atoms with Crippen LogP contribution in [0.15, 0.2) is 48.8 Å². The number of carbonyl (C=O) groups excluding carboxylic acids is 1. The molecule has 9 nitrogen and oxygen atoms in total. The van der Waals surface area contributed by atoms with E-state index in [0.29, 0.717) is 29.3 Å². The van der Waals surface area contributed by atoms with Gasteiger partial charge in [-0.15, -0.1) is 0 Å². The molecule has 0 aliphatic carbocycles. The number of carbonyl (C=O) groups is 1. The average molecular weight is 538 g/mol. The lowest BCUT2D eigenvalue weighted by Crippen LogP contribution is -2.41. The minimum atomic E-state index is -3.01. The van der Waals surface area contributed by atoms with Gasteiger partial charge in [-0.3, -0.25) is 4.79 Å². The molecule has 1 amide bonds. The SMILES string of the molecule is O=C1NC2CC(c3c(OC(F)F)cccc31)n1c2nc2ccc(-c3cnc(N4CC[S+](O)CC4)nc3)cc21. The minimum Gasteiger partial charge on any atom is -0.434 e. The summed E-state index contributed by atoms with van der Waals surface area (Å²) >= 11 is -0.526. The molecular formula is C26H23F2N6O3S+. The summed E-state index contributed by atoms with van der Waals surface area (Å²) in [6.07, 6.45) is 4.06. The number of nitrogens with zero attached hydrogens (tertiary/aromatic N) is 5. The number of ether oxygens (including phenoxy) is 1. The lowest BCUT2D eigenvalue weighted by Gasteiger charge is -2.24. The number of imidazole rings is 1. The Balaban J connectivity index is 1.29. The number of benzene rings is 2. The maximum absolute atomic E-state index is 13.3. The van der Waals surface area contributed by atoms with Gasteiger partial charge in [0.15, 0.2) is 11.5 Å². The van der Waals surface area contributed by atoms with Gasteiger partial charge in [-0.25, -0.2) is 15.0 Å². The van der Waals surface area contributed by atoms with Crippen LogP contribution in [-0.4, -0.2) is 61.2 Å². The van der Waals surface area contributed by atoms with E-state index in [2.05, 4.69) is 20.2 Å². The Morgan fingerprint density at radius 2 is 1.89 bits per heavy atom. The molecule has 3 aliphatic rings. The number of alkyl halides is 2. The van der Waals surface area contributed by atoms with Crippen molar-refractivity contribution in [2.24, 2.45) is 0 Å². The normalized spacial score (nSPS) is 20.8. The second-order valence-electron chi connectivity index (χ2n) is 9.55. The fourth-order valence-corrected chi connectivity index (χ4v) is 6.73. The maximum atomic E-state index is 13.3. The molecule has 7 rings (SSSR count). The number of rotatable bonds is 4. The van der Waals surface area contributed by atoms with Gasteiger partial charge in [0.05, 0.1) is 36.2 Å². The van der Waals surface area contributed by atoms with Crippen LogP contribution in [0.5, 0.6) is 5.75 Å². The molecule has 2 N–H and O–H groups in total. The first-order valence-corrected chi connectivity index (χ1v) is 13.8. The summed E-state index contributed by atoms with van der Waals surface area (Å²) in [6.45, 7) is -1.55. The molecule has 194 valence electrons. The van der Waals surface area contributed by atoms with Crippen molar-refractivity contribution in [3.05, 3.63) is 65.7 Å². The standard InChI is InChI=1S/C26H22F2N6O3S/c27-25(28)37-21-3-1-2-16-22(21)20-11-18(32-24(16)35)23-31-17-5-4-14(10-19(17)34(20)23)15-12-29-26(30-13-15)33-6-8-38(36)9-7-33/h1-5,10,12-13,18,20,25,36H,6-9,11H2/p+1. The number of halogens is 2. The topological polar surface area (TPSA) is 105 Å². The molecular weight excluding hydrogens is 514 g/mol. The molecule has 2 unspecified atom stereocenters. The number of hydrogen-bond acceptors (Lipinski definition) is 7. The van der Waals surface area contributed by atoms with Gasteiger partial charge in [-0.2, -0.15) is 13.3 Å². The van der Waals surface area contributed by atoms with Gasteiger partial charge < -0.3 is 19.5 Å². The van der Waals surface area contributed by atoms with Crippen molar-refractivity contribution in [2.45, 2.75) is 25.1 Å². The number of amides is 1. The predicted molar refractivity (Wildman–Crippen MR) is 139 cm³/mol. The second-order valence-corrected chi connectivity index (χ2v) is 11.3. The van der Waals surface area contributed by atoms with Crippen molar-refractivity contribution in [3.63, 3.8) is 0 Å². The Kier molecular flexibility index (Phi) is 5.48. The number of aromatic nitrogens is 4. The molecule has 1 saturated heterocycles. The molecule has 4 aromatic rings. The Morgan fingerprint density at radius 3 is 2.66 bits per heavy atom. The average Bonchev–Trinajstić information content (AvgIpc) is 3.41. The molecule has 1 fully saturated rings. The predicted octanol–water partition coefficient (Wildman–Crippen LogP) is 3.78. The summed E-state index contributed by atoms with van der Waals surface area (Å²) in [7, 11) is 0. The summed E-state index contributed by atoms with van der Waals surface area (Å²) in [6, 6.07) is 9.78. The van der Waals surface area contributed by atoms with Crippen LogP contribution in [0.4, 0.5) is 14.7 Å². The summed E-state index contributed by atoms with van der Waals surface area (Å²) in [4.78, 5) is 28.9. The van der Waals surface area contributed by atoms with E-state index in [9.17, 15) is 18.1 Å². The molecule has 0 radical (unpaired) electrons. The van der Waals surface area contributed by atoms with E-state index in [-0.39, 0.29) is 17.7 Å². The van der Waals surface area contributed by atoms with Crippen molar-refractivity contribution >= 4 is 34.1 Å². The third-order valence-electron chi connectivity index (χ3n) is 7.41. The van der Waals surface area contributed by atoms with Gasteiger partial charge in [0.25, 0.3) is 5.91 Å². The molecule has 0 spiro atoms. The molecule has 3 aliphatic heterocycles. The fourth-order valence-electron chi connectivity index (χ4n) is 5.67. The zero-order chi connectivity index (χ0) is 26.0. The van der Waals surface area contributed by atoms with Gasteiger partial charge in [-0.1, -0.05) is 12.1 Å². The summed E-state index contributed by atoms with van der Waals surface area (Å²) < 4.78 is 43.2. The van der Waals surface area contributed by atoms with Gasteiger partial charge in [0.2, 0.25) is 5.95 Å². The lowest BCUT2D eigenvalue weighted by atomic mass is 9.97. The molecule has 2 atom stereocenters. The summed E-state index contributed by atoms with van der Waals surface area (Å²) in [5.41, 5.74) is 4.06. The molecule has 2 aromatic carbocycles. The number of nitrogens with one attached hydrogen (secondary N) is 1. The van der Waals surface area contributed by atoms with E-state index in [4.69, 9.17) is 9.72 Å². The highest BCUT2D eigenvalue weighted by Crippen LogP contribution is 2.47. The number of anilines is 1. The Morgan fingerprint density at radius 1 is 1.11 bits per heavy atom. The van der Waals surface area contributed by atoms with E-state index in [1.165, 1.54) is 6.07 Å². The van der Waals surface area contributed by atoms with Crippen LogP contribution < -0.4 is 15.0 Å². The van der Waals surface area contributed by atoms with Crippen LogP contribution in [0.25, 0.3) is 22.2 Å². The first-order chi connectivity index (χ1) is 18.5. The smallest absolute Gasteiger partial charge is 0.387 e. The van der Waals surface area contributed by atoms with Crippen LogP contribution in [0.2, 0.25) is 0 Å². The van der Waals surface area contributed by atoms with E-state index >= 15 is 0 Å². The van der Waals surface area contributed by atoms with E-state index in [1.807, 2.05) is 22.8 Å². The third kappa shape index (κ3) is 3.78. The number of hydrogen-bond donors (Lipinski definition) is 2. The molecule has 2 bridgehead atoms. The quantitative estimate of drug-likeness (QED) is 0.382. The van der Waals surface area contributed by atoms with Gasteiger partial charge in [-0.05, 0) is 36.2 Å². The van der Waals surface area contributed by atoms with Crippen molar-refractivity contribution in [1.29, 1.82) is 0 Å². The fraction of sp³-hybridized carbons (Fsp3) is 0.308. The summed E-state index contributed by atoms with van der Waals surface area (Å²) in [5.74, 6) is 2.45. The lowest BCUT2D eigenvalue weighted by molar-refractivity contribution is -0.0507. The van der Waals surface area contributed by atoms with Gasteiger partial charge >= 0.3 is 6.61 Å². The molecule has 12 heteroatoms. The maximum Gasteiger partial charge on any atom is 0.387 e. The zero-order valence-electron chi connectivity index (χ0n) is 20.1. The highest BCUT2D eigenvalue weighted by Gasteiger charge is 2.42. The van der Waals surface area contributed by atoms with Crippen LogP contribution in [0.1, 0.15) is 40.3 Å². The van der Waals surface area contributed by atoms with Crippen molar-refractivity contribution in [3.8, 4) is 16.9 Å². The van der Waals surface area contributed by atoms with Crippen LogP contribution in [-0.2, 0) is 11.2 Å². The van der Waals surface area contributed by atoms with E-state index in [0.717, 1.165) is 46.8 Å². The Hall–Kier alpha value is -3.77. The second kappa shape index (κ2) is 8.91. The van der Waals surface area contributed by atoms with Crippen molar-refractivity contribution in [2.75, 3.05) is 29.5 Å². The molecule has 38 heavy (non-hydrogen) atoms. The number of fused-ring (bicyclic) bond motifs is 9. The molecule has 2 aromatic heterocycles. The minimum absolute atomic E-state index is 0.00101. The van der Waals surface area contributed by atoms with Crippen molar-refractivity contribution in [1.82, 2.24) is 24.8 Å². The largest absolute Gasteiger partial charge is 0.434 e. The summed E-state index contributed by atoms with van der Waals surface area (Å²) in [5, 5.41) is 3.01. The first-order valence-electron chi connectivity index (χ1n) is 12.3. The monoisotopic (exact) mass is 537 g/mol. The van der Waals surface area contributed by atoms with Gasteiger partial charge in [0, 0.05) is 29.1 Å². The third-order valence-corrected chi connectivity index (χ3v) is 8.72. The zero-order valence-corrected chi connectivity index (χ0v) is 20.9. The van der Waals surface area contributed by atoms with Crippen LogP contribution >= 0.6 is 0 Å². The Bertz CT molecular complexity index is 1550. The Labute approximate surface area is 219 Å². The van der Waals surface area contributed by atoms with E-state index in [1.54, 1.807) is 24.5 Å². The molecule has 5 heterocycles. The van der Waals surface area contributed by atoms with Crippen molar-refractivity contribution < 1.29 is 22.9 Å². The highest BCUT2D eigenvalue weighted by molar-refractivity contribution is 7.91. The first kappa shape index (κ1) is 23.4. The highest BCUT2D eigenvalue weighted by atomic mass is 32.2. The van der Waals surface area contributed by atoms with Crippen LogP contribution in [0, 0.1) is 0 Å². The molecule has 0 saturated carbocycles. The van der Waals surface area contributed by atoms with Crippen LogP contribution in [0.3, 0.4) is 0 Å².